The highest BCUT2D eigenvalue weighted by Gasteiger charge is 2.16. The Kier molecular flexibility index (Phi) is 3.25. The average Bonchev–Trinajstić information content (AvgIpc) is 2.86. The largest absolute Gasteiger partial charge is 0.326 e. The van der Waals surface area contributed by atoms with Crippen molar-refractivity contribution in [1.82, 2.24) is 15.0 Å². The van der Waals surface area contributed by atoms with E-state index >= 15 is 0 Å². The predicted octanol–water partition coefficient (Wildman–Crippen LogP) is 1.97. The number of hydrogen-bond acceptors (Lipinski definition) is 5. The topological polar surface area (TPSA) is 64.7 Å². The molecule has 0 aromatic carbocycles. The first-order valence-corrected chi connectivity index (χ1v) is 6.85. The Labute approximate surface area is 110 Å². The van der Waals surface area contributed by atoms with Crippen LogP contribution in [-0.2, 0) is 19.4 Å². The Morgan fingerprint density at radius 3 is 2.83 bits per heavy atom. The zero-order chi connectivity index (χ0) is 12.4. The zero-order valence-corrected chi connectivity index (χ0v) is 10.8. The minimum atomic E-state index is 0.509. The van der Waals surface area contributed by atoms with Gasteiger partial charge in [0.15, 0.2) is 5.16 Å². The van der Waals surface area contributed by atoms with E-state index in [4.69, 9.17) is 10.7 Å². The highest BCUT2D eigenvalue weighted by Crippen LogP contribution is 2.30. The molecule has 0 bridgehead atoms. The summed E-state index contributed by atoms with van der Waals surface area (Å²) < 4.78 is 0. The van der Waals surface area contributed by atoms with Crippen molar-refractivity contribution in [1.29, 1.82) is 0 Å². The minimum absolute atomic E-state index is 0.509. The second kappa shape index (κ2) is 5.04. The van der Waals surface area contributed by atoms with Gasteiger partial charge in [-0.15, -0.1) is 0 Å². The smallest absolute Gasteiger partial charge is 0.193 e. The summed E-state index contributed by atoms with van der Waals surface area (Å²) in [6.45, 7) is 0.509. The second-order valence-electron chi connectivity index (χ2n) is 4.25. The quantitative estimate of drug-likeness (QED) is 0.853. The highest BCUT2D eigenvalue weighted by atomic mass is 32.2. The first kappa shape index (κ1) is 11.6. The number of rotatable bonds is 3. The molecule has 0 fully saturated rings. The number of hydrogen-bond donors (Lipinski definition) is 1. The van der Waals surface area contributed by atoms with E-state index in [0.717, 1.165) is 28.6 Å². The van der Waals surface area contributed by atoms with Crippen LogP contribution < -0.4 is 5.73 Å². The molecule has 5 heteroatoms. The molecular formula is C13H14N4S. The molecule has 1 aliphatic carbocycles. The molecule has 92 valence electrons. The molecule has 0 unspecified atom stereocenters. The van der Waals surface area contributed by atoms with E-state index in [1.54, 1.807) is 12.4 Å². The van der Waals surface area contributed by atoms with Crippen molar-refractivity contribution in [2.45, 2.75) is 36.0 Å². The second-order valence-corrected chi connectivity index (χ2v) is 5.21. The maximum absolute atomic E-state index is 5.80. The SMILES string of the molecule is NCc1cc2c(nc1Sc1ncccn1)CCC2. The van der Waals surface area contributed by atoms with Gasteiger partial charge in [0, 0.05) is 24.6 Å². The van der Waals surface area contributed by atoms with Crippen molar-refractivity contribution >= 4 is 11.8 Å². The first-order chi connectivity index (χ1) is 8.86. The van der Waals surface area contributed by atoms with Gasteiger partial charge in [-0.2, -0.15) is 0 Å². The third-order valence-corrected chi connectivity index (χ3v) is 3.98. The molecule has 0 saturated heterocycles. The Morgan fingerprint density at radius 1 is 1.22 bits per heavy atom. The molecule has 2 N–H and O–H groups in total. The van der Waals surface area contributed by atoms with Gasteiger partial charge in [-0.05, 0) is 48.2 Å². The maximum atomic E-state index is 5.80. The summed E-state index contributed by atoms with van der Waals surface area (Å²) in [6, 6.07) is 4.00. The molecule has 0 aliphatic heterocycles. The van der Waals surface area contributed by atoms with Crippen molar-refractivity contribution in [2.75, 3.05) is 0 Å². The Bertz CT molecular complexity index is 556. The summed E-state index contributed by atoms with van der Waals surface area (Å²) >= 11 is 1.49. The summed E-state index contributed by atoms with van der Waals surface area (Å²) in [4.78, 5) is 13.2. The van der Waals surface area contributed by atoms with Crippen molar-refractivity contribution in [3.8, 4) is 0 Å². The molecule has 0 spiro atoms. The lowest BCUT2D eigenvalue weighted by molar-refractivity contribution is 0.880. The van der Waals surface area contributed by atoms with Crippen LogP contribution >= 0.6 is 11.8 Å². The van der Waals surface area contributed by atoms with E-state index in [2.05, 4.69) is 16.0 Å². The number of pyridine rings is 1. The lowest BCUT2D eigenvalue weighted by Gasteiger charge is -2.08. The molecule has 0 amide bonds. The van der Waals surface area contributed by atoms with E-state index in [1.807, 2.05) is 6.07 Å². The van der Waals surface area contributed by atoms with Crippen LogP contribution in [0.3, 0.4) is 0 Å². The maximum Gasteiger partial charge on any atom is 0.193 e. The molecular weight excluding hydrogens is 244 g/mol. The van der Waals surface area contributed by atoms with E-state index in [-0.39, 0.29) is 0 Å². The normalized spacial score (nSPS) is 13.6. The third kappa shape index (κ3) is 2.23. The lowest BCUT2D eigenvalue weighted by atomic mass is 10.1. The number of aryl methyl sites for hydroxylation is 2. The van der Waals surface area contributed by atoms with Crippen molar-refractivity contribution in [3.63, 3.8) is 0 Å². The van der Waals surface area contributed by atoms with Gasteiger partial charge in [-0.25, -0.2) is 15.0 Å². The third-order valence-electron chi connectivity index (χ3n) is 3.04. The fourth-order valence-electron chi connectivity index (χ4n) is 2.16. The molecule has 18 heavy (non-hydrogen) atoms. The van der Waals surface area contributed by atoms with Crippen LogP contribution in [0.1, 0.15) is 23.2 Å². The van der Waals surface area contributed by atoms with Gasteiger partial charge in [0.25, 0.3) is 0 Å². The molecule has 0 saturated carbocycles. The van der Waals surface area contributed by atoms with Crippen molar-refractivity contribution in [2.24, 2.45) is 5.73 Å². The zero-order valence-electron chi connectivity index (χ0n) is 9.97. The Hall–Kier alpha value is -1.46. The summed E-state index contributed by atoms with van der Waals surface area (Å²) in [5.74, 6) is 0. The van der Waals surface area contributed by atoms with Crippen LogP contribution in [0.15, 0.2) is 34.7 Å². The van der Waals surface area contributed by atoms with Crippen LogP contribution in [0.25, 0.3) is 0 Å². The van der Waals surface area contributed by atoms with Gasteiger partial charge in [0.1, 0.15) is 5.03 Å². The Balaban J connectivity index is 1.96. The number of nitrogens with two attached hydrogens (primary N) is 1. The monoisotopic (exact) mass is 258 g/mol. The molecule has 4 nitrogen and oxygen atoms in total. The van der Waals surface area contributed by atoms with Crippen molar-refractivity contribution < 1.29 is 0 Å². The highest BCUT2D eigenvalue weighted by molar-refractivity contribution is 7.99. The molecule has 1 aliphatic rings. The molecule has 0 radical (unpaired) electrons. The van der Waals surface area contributed by atoms with Gasteiger partial charge in [-0.1, -0.05) is 6.07 Å². The van der Waals surface area contributed by atoms with Gasteiger partial charge in [0.2, 0.25) is 0 Å². The molecule has 2 aromatic heterocycles. The van der Waals surface area contributed by atoms with E-state index in [0.29, 0.717) is 6.54 Å². The van der Waals surface area contributed by atoms with Crippen LogP contribution in [0.5, 0.6) is 0 Å². The number of fused-ring (bicyclic) bond motifs is 1. The predicted molar refractivity (Wildman–Crippen MR) is 70.3 cm³/mol. The van der Waals surface area contributed by atoms with Crippen LogP contribution in [0.4, 0.5) is 0 Å². The summed E-state index contributed by atoms with van der Waals surface area (Å²) in [5, 5.41) is 1.67. The van der Waals surface area contributed by atoms with Gasteiger partial charge in [-0.3, -0.25) is 0 Å². The summed E-state index contributed by atoms with van der Waals surface area (Å²) in [6.07, 6.45) is 6.88. The van der Waals surface area contributed by atoms with Crippen LogP contribution in [-0.4, -0.2) is 15.0 Å². The molecule has 2 aromatic rings. The molecule has 2 heterocycles. The lowest BCUT2D eigenvalue weighted by Crippen LogP contribution is -2.03. The summed E-state index contributed by atoms with van der Waals surface area (Å²) in [5.41, 5.74) is 9.46. The van der Waals surface area contributed by atoms with Crippen LogP contribution in [0.2, 0.25) is 0 Å². The van der Waals surface area contributed by atoms with Gasteiger partial charge >= 0.3 is 0 Å². The van der Waals surface area contributed by atoms with Gasteiger partial charge in [0.05, 0.1) is 0 Å². The Morgan fingerprint density at radius 2 is 2.06 bits per heavy atom. The van der Waals surface area contributed by atoms with E-state index in [9.17, 15) is 0 Å². The average molecular weight is 258 g/mol. The van der Waals surface area contributed by atoms with Crippen LogP contribution in [0, 0.1) is 0 Å². The standard InChI is InChI=1S/C13H14N4S/c14-8-10-7-9-3-1-4-11(9)17-12(10)18-13-15-5-2-6-16-13/h2,5-7H,1,3-4,8,14H2. The van der Waals surface area contributed by atoms with E-state index < -0.39 is 0 Å². The fraction of sp³-hybridized carbons (Fsp3) is 0.308. The van der Waals surface area contributed by atoms with Crippen molar-refractivity contribution in [3.05, 3.63) is 41.3 Å². The van der Waals surface area contributed by atoms with E-state index in [1.165, 1.54) is 29.4 Å². The first-order valence-electron chi connectivity index (χ1n) is 6.03. The molecule has 3 rings (SSSR count). The minimum Gasteiger partial charge on any atom is -0.326 e. The summed E-state index contributed by atoms with van der Waals surface area (Å²) in [7, 11) is 0. The number of aromatic nitrogens is 3. The molecule has 0 atom stereocenters. The fourth-order valence-corrected chi connectivity index (χ4v) is 2.99. The van der Waals surface area contributed by atoms with Gasteiger partial charge < -0.3 is 5.73 Å². The number of nitrogens with zero attached hydrogens (tertiary/aromatic N) is 3.